The summed E-state index contributed by atoms with van der Waals surface area (Å²) in [6.07, 6.45) is -0.347. The van der Waals surface area contributed by atoms with E-state index in [1.165, 1.54) is 0 Å². The minimum atomic E-state index is -0.525. The van der Waals surface area contributed by atoms with E-state index in [1.54, 1.807) is 4.90 Å². The molecule has 0 unspecified atom stereocenters. The summed E-state index contributed by atoms with van der Waals surface area (Å²) in [4.78, 5) is 17.4. The molecule has 0 aliphatic rings. The highest BCUT2D eigenvalue weighted by Gasteiger charge is 2.25. The fraction of sp³-hybridized carbons (Fsp3) is 0.471. The van der Waals surface area contributed by atoms with Crippen molar-refractivity contribution < 1.29 is 9.53 Å². The number of H-pyrrole nitrogens is 1. The number of rotatable bonds is 3. The van der Waals surface area contributed by atoms with Crippen molar-refractivity contribution in [2.24, 2.45) is 5.92 Å². The number of aromatic amines is 1. The lowest BCUT2D eigenvalue weighted by molar-refractivity contribution is 0.0575. The molecule has 0 saturated heterocycles. The Kier molecular flexibility index (Phi) is 4.35. The third-order valence-corrected chi connectivity index (χ3v) is 3.08. The van der Waals surface area contributed by atoms with Gasteiger partial charge in [-0.25, -0.2) is 4.79 Å². The number of nitrogens with two attached hydrogens (primary N) is 1. The smallest absolute Gasteiger partial charge is 0.415 e. The Labute approximate surface area is 131 Å². The summed E-state index contributed by atoms with van der Waals surface area (Å²) < 4.78 is 5.52. The molecule has 0 spiro atoms. The average molecular weight is 303 g/mol. The molecule has 5 nitrogen and oxygen atoms in total. The predicted molar refractivity (Wildman–Crippen MR) is 91.1 cm³/mol. The molecule has 2 rings (SSSR count). The molecule has 1 heterocycles. The van der Waals surface area contributed by atoms with Gasteiger partial charge >= 0.3 is 6.09 Å². The third-order valence-electron chi connectivity index (χ3n) is 3.08. The number of nitrogens with zero attached hydrogens (tertiary/aromatic N) is 1. The Hall–Kier alpha value is -2.17. The first-order chi connectivity index (χ1) is 10.2. The standard InChI is InChI=1S/C17H25N3O2/c1-11(2)10-20(16(21)22-17(3,4)5)15-9-12-8-13(18)6-7-14(12)19-15/h6-9,11,19H,10,18H2,1-5H3. The fourth-order valence-corrected chi connectivity index (χ4v) is 2.23. The fourth-order valence-electron chi connectivity index (χ4n) is 2.23. The van der Waals surface area contributed by atoms with Crippen LogP contribution in [0.2, 0.25) is 0 Å². The van der Waals surface area contributed by atoms with Gasteiger partial charge in [-0.2, -0.15) is 0 Å². The largest absolute Gasteiger partial charge is 0.443 e. The van der Waals surface area contributed by atoms with Crippen LogP contribution in [-0.2, 0) is 4.74 Å². The van der Waals surface area contributed by atoms with E-state index in [1.807, 2.05) is 45.0 Å². The van der Waals surface area contributed by atoms with Gasteiger partial charge in [0.1, 0.15) is 11.4 Å². The van der Waals surface area contributed by atoms with Crippen LogP contribution in [0.3, 0.4) is 0 Å². The maximum absolute atomic E-state index is 12.5. The van der Waals surface area contributed by atoms with Crippen molar-refractivity contribution in [3.05, 3.63) is 24.3 Å². The minimum absolute atomic E-state index is 0.323. The Morgan fingerprint density at radius 2 is 2.00 bits per heavy atom. The molecule has 0 atom stereocenters. The molecule has 1 aromatic heterocycles. The number of nitrogens with one attached hydrogen (secondary N) is 1. The molecule has 0 saturated carbocycles. The number of anilines is 2. The van der Waals surface area contributed by atoms with Crippen LogP contribution in [0.5, 0.6) is 0 Å². The van der Waals surface area contributed by atoms with Crippen LogP contribution < -0.4 is 10.6 Å². The second kappa shape index (κ2) is 5.91. The zero-order valence-electron chi connectivity index (χ0n) is 13.9. The van der Waals surface area contributed by atoms with Gasteiger partial charge in [-0.05, 0) is 51.0 Å². The molecule has 1 amide bonds. The number of amides is 1. The van der Waals surface area contributed by atoms with Crippen molar-refractivity contribution in [3.8, 4) is 0 Å². The molecule has 3 N–H and O–H groups in total. The molecular formula is C17H25N3O2. The van der Waals surface area contributed by atoms with Crippen LogP contribution in [0.4, 0.5) is 16.3 Å². The predicted octanol–water partition coefficient (Wildman–Crippen LogP) is 4.15. The van der Waals surface area contributed by atoms with Crippen LogP contribution in [0.25, 0.3) is 10.9 Å². The zero-order valence-corrected chi connectivity index (χ0v) is 13.9. The first-order valence-electron chi connectivity index (χ1n) is 7.54. The number of fused-ring (bicyclic) bond motifs is 1. The first-order valence-corrected chi connectivity index (χ1v) is 7.54. The monoisotopic (exact) mass is 303 g/mol. The number of hydrogen-bond donors (Lipinski definition) is 2. The second-order valence-electron chi connectivity index (χ2n) is 6.99. The van der Waals surface area contributed by atoms with E-state index in [2.05, 4.69) is 18.8 Å². The van der Waals surface area contributed by atoms with Crippen molar-refractivity contribution >= 4 is 28.5 Å². The van der Waals surface area contributed by atoms with E-state index in [0.29, 0.717) is 18.2 Å². The number of ether oxygens (including phenoxy) is 1. The summed E-state index contributed by atoms with van der Waals surface area (Å²) >= 11 is 0. The highest BCUT2D eigenvalue weighted by Crippen LogP contribution is 2.25. The lowest BCUT2D eigenvalue weighted by Crippen LogP contribution is -2.39. The maximum Gasteiger partial charge on any atom is 0.415 e. The molecule has 1 aromatic carbocycles. The van der Waals surface area contributed by atoms with Gasteiger partial charge in [0, 0.05) is 23.1 Å². The minimum Gasteiger partial charge on any atom is -0.443 e. The van der Waals surface area contributed by atoms with Gasteiger partial charge in [-0.3, -0.25) is 4.90 Å². The van der Waals surface area contributed by atoms with Gasteiger partial charge in [0.2, 0.25) is 0 Å². The summed E-state index contributed by atoms with van der Waals surface area (Å²) in [6.45, 7) is 10.3. The second-order valence-corrected chi connectivity index (χ2v) is 6.99. The van der Waals surface area contributed by atoms with E-state index in [0.717, 1.165) is 16.7 Å². The number of aromatic nitrogens is 1. The van der Waals surface area contributed by atoms with Gasteiger partial charge in [-0.1, -0.05) is 13.8 Å². The normalized spacial score (nSPS) is 11.9. The summed E-state index contributed by atoms with van der Waals surface area (Å²) in [7, 11) is 0. The number of hydrogen-bond acceptors (Lipinski definition) is 3. The van der Waals surface area contributed by atoms with Gasteiger partial charge in [0.05, 0.1) is 0 Å². The molecule has 22 heavy (non-hydrogen) atoms. The van der Waals surface area contributed by atoms with Gasteiger partial charge < -0.3 is 15.5 Å². The summed E-state index contributed by atoms with van der Waals surface area (Å²) in [5, 5.41) is 0.979. The summed E-state index contributed by atoms with van der Waals surface area (Å²) in [5.41, 5.74) is 6.93. The molecule has 0 aliphatic carbocycles. The molecule has 5 heteroatoms. The molecule has 2 aromatic rings. The lowest BCUT2D eigenvalue weighted by Gasteiger charge is -2.27. The zero-order chi connectivity index (χ0) is 16.5. The van der Waals surface area contributed by atoms with E-state index < -0.39 is 5.60 Å². The summed E-state index contributed by atoms with van der Waals surface area (Å²) in [5.74, 6) is 1.05. The van der Waals surface area contributed by atoms with Gasteiger partial charge in [-0.15, -0.1) is 0 Å². The van der Waals surface area contributed by atoms with Crippen LogP contribution in [0.1, 0.15) is 34.6 Å². The maximum atomic E-state index is 12.5. The van der Waals surface area contributed by atoms with Crippen molar-refractivity contribution in [2.45, 2.75) is 40.2 Å². The van der Waals surface area contributed by atoms with Crippen LogP contribution in [0.15, 0.2) is 24.3 Å². The Bertz CT molecular complexity index is 668. The van der Waals surface area contributed by atoms with Crippen molar-refractivity contribution in [1.82, 2.24) is 4.98 Å². The Balaban J connectivity index is 2.36. The third kappa shape index (κ3) is 3.93. The van der Waals surface area contributed by atoms with Gasteiger partial charge in [0.15, 0.2) is 0 Å². The molecule has 0 aliphatic heterocycles. The van der Waals surface area contributed by atoms with E-state index in [-0.39, 0.29) is 6.09 Å². The molecular weight excluding hydrogens is 278 g/mol. The number of carbonyl (C=O) groups is 1. The number of carbonyl (C=O) groups excluding carboxylic acids is 1. The topological polar surface area (TPSA) is 71.3 Å². The summed E-state index contributed by atoms with van der Waals surface area (Å²) in [6, 6.07) is 7.57. The average Bonchev–Trinajstić information content (AvgIpc) is 2.75. The SMILES string of the molecule is CC(C)CN(C(=O)OC(C)(C)C)c1cc2cc(N)ccc2[nH]1. The molecule has 120 valence electrons. The van der Waals surface area contributed by atoms with Crippen LogP contribution >= 0.6 is 0 Å². The number of benzene rings is 1. The van der Waals surface area contributed by atoms with Crippen molar-refractivity contribution in [2.75, 3.05) is 17.2 Å². The van der Waals surface area contributed by atoms with E-state index in [4.69, 9.17) is 10.5 Å². The first kappa shape index (κ1) is 16.2. The number of nitrogen functional groups attached to an aromatic ring is 1. The molecule has 0 fully saturated rings. The van der Waals surface area contributed by atoms with Crippen LogP contribution in [-0.4, -0.2) is 23.2 Å². The molecule has 0 bridgehead atoms. The van der Waals surface area contributed by atoms with Crippen molar-refractivity contribution in [3.63, 3.8) is 0 Å². The van der Waals surface area contributed by atoms with Crippen LogP contribution in [0, 0.1) is 5.92 Å². The highest BCUT2D eigenvalue weighted by molar-refractivity contribution is 5.93. The van der Waals surface area contributed by atoms with Gasteiger partial charge in [0.25, 0.3) is 0 Å². The van der Waals surface area contributed by atoms with Crippen molar-refractivity contribution in [1.29, 1.82) is 0 Å². The van der Waals surface area contributed by atoms with E-state index in [9.17, 15) is 4.79 Å². The Morgan fingerprint density at radius 1 is 1.32 bits per heavy atom. The lowest BCUT2D eigenvalue weighted by atomic mass is 10.2. The highest BCUT2D eigenvalue weighted by atomic mass is 16.6. The quantitative estimate of drug-likeness (QED) is 0.837. The molecule has 0 radical (unpaired) electrons. The van der Waals surface area contributed by atoms with E-state index >= 15 is 0 Å². The Morgan fingerprint density at radius 3 is 2.59 bits per heavy atom.